The van der Waals surface area contributed by atoms with E-state index in [0.717, 1.165) is 5.69 Å². The highest BCUT2D eigenvalue weighted by molar-refractivity contribution is 6.32. The number of rotatable bonds is 5. The van der Waals surface area contributed by atoms with Crippen molar-refractivity contribution >= 4 is 23.1 Å². The van der Waals surface area contributed by atoms with E-state index in [2.05, 4.69) is 15.3 Å². The Hall–Kier alpha value is -2.05. The van der Waals surface area contributed by atoms with Gasteiger partial charge in [0.25, 0.3) is 5.56 Å². The molecule has 0 saturated heterocycles. The third kappa shape index (κ3) is 3.46. The average Bonchev–Trinajstić information content (AvgIpc) is 2.42. The minimum atomic E-state index is -0.394. The number of nitrogens with one attached hydrogen (secondary N) is 2. The Bertz CT molecular complexity index is 615. The molecule has 0 spiro atoms. The second-order valence-corrected chi connectivity index (χ2v) is 4.06. The van der Waals surface area contributed by atoms with E-state index in [1.165, 1.54) is 6.33 Å². The van der Waals surface area contributed by atoms with Crippen LogP contribution in [0.25, 0.3) is 0 Å². The van der Waals surface area contributed by atoms with Crippen LogP contribution in [0.5, 0.6) is 5.75 Å². The SMILES string of the molecule is NCCOc1cccc(Nc2nc[nH]c(=O)c2Cl)c1. The number of benzene rings is 1. The smallest absolute Gasteiger partial charge is 0.271 e. The summed E-state index contributed by atoms with van der Waals surface area (Å²) in [5.41, 5.74) is 5.69. The van der Waals surface area contributed by atoms with Gasteiger partial charge in [-0.15, -0.1) is 0 Å². The zero-order chi connectivity index (χ0) is 13.7. The van der Waals surface area contributed by atoms with Gasteiger partial charge in [0, 0.05) is 18.3 Å². The number of aromatic nitrogens is 2. The number of aromatic amines is 1. The molecule has 1 heterocycles. The lowest BCUT2D eigenvalue weighted by Gasteiger charge is -2.09. The molecule has 1 aromatic heterocycles. The van der Waals surface area contributed by atoms with Crippen molar-refractivity contribution in [1.29, 1.82) is 0 Å². The Morgan fingerprint density at radius 2 is 2.32 bits per heavy atom. The number of anilines is 2. The van der Waals surface area contributed by atoms with Crippen molar-refractivity contribution in [2.45, 2.75) is 0 Å². The van der Waals surface area contributed by atoms with Crippen LogP contribution in [0.2, 0.25) is 5.02 Å². The first-order valence-electron chi connectivity index (χ1n) is 5.64. The van der Waals surface area contributed by atoms with E-state index in [1.54, 1.807) is 6.07 Å². The third-order valence-corrected chi connectivity index (χ3v) is 2.63. The first-order valence-corrected chi connectivity index (χ1v) is 6.01. The summed E-state index contributed by atoms with van der Waals surface area (Å²) in [6.07, 6.45) is 1.28. The summed E-state index contributed by atoms with van der Waals surface area (Å²) in [4.78, 5) is 17.7. The molecule has 0 unspecified atom stereocenters. The Kier molecular flexibility index (Phi) is 4.38. The number of hydrogen-bond acceptors (Lipinski definition) is 5. The lowest BCUT2D eigenvalue weighted by Crippen LogP contribution is -2.11. The molecule has 1 aromatic carbocycles. The number of H-pyrrole nitrogens is 1. The molecule has 0 atom stereocenters. The van der Waals surface area contributed by atoms with Crippen molar-refractivity contribution in [3.05, 3.63) is 46.0 Å². The summed E-state index contributed by atoms with van der Waals surface area (Å²) >= 11 is 5.85. The summed E-state index contributed by atoms with van der Waals surface area (Å²) in [6.45, 7) is 0.882. The fraction of sp³-hybridized carbons (Fsp3) is 0.167. The lowest BCUT2D eigenvalue weighted by atomic mass is 10.3. The normalized spacial score (nSPS) is 10.2. The highest BCUT2D eigenvalue weighted by Crippen LogP contribution is 2.22. The minimum absolute atomic E-state index is 0.00998. The number of hydrogen-bond donors (Lipinski definition) is 3. The molecule has 4 N–H and O–H groups in total. The van der Waals surface area contributed by atoms with Gasteiger partial charge in [0.05, 0.1) is 6.33 Å². The van der Waals surface area contributed by atoms with E-state index in [9.17, 15) is 4.79 Å². The van der Waals surface area contributed by atoms with E-state index in [1.807, 2.05) is 18.2 Å². The third-order valence-electron chi connectivity index (χ3n) is 2.28. The first kappa shape index (κ1) is 13.4. The number of halogens is 1. The van der Waals surface area contributed by atoms with Crippen LogP contribution in [-0.4, -0.2) is 23.1 Å². The van der Waals surface area contributed by atoms with Crippen LogP contribution < -0.4 is 21.3 Å². The Morgan fingerprint density at radius 1 is 1.47 bits per heavy atom. The molecule has 0 bridgehead atoms. The molecule has 0 amide bonds. The predicted octanol–water partition coefficient (Wildman–Crippen LogP) is 1.50. The highest BCUT2D eigenvalue weighted by Gasteiger charge is 2.06. The second kappa shape index (κ2) is 6.21. The van der Waals surface area contributed by atoms with E-state index in [4.69, 9.17) is 22.1 Å². The Morgan fingerprint density at radius 3 is 3.11 bits per heavy atom. The van der Waals surface area contributed by atoms with Gasteiger partial charge in [0.15, 0.2) is 5.82 Å². The summed E-state index contributed by atoms with van der Waals surface area (Å²) in [7, 11) is 0. The Balaban J connectivity index is 2.19. The molecule has 2 rings (SSSR count). The van der Waals surface area contributed by atoms with Gasteiger partial charge in [0.2, 0.25) is 0 Å². The van der Waals surface area contributed by atoms with E-state index >= 15 is 0 Å². The van der Waals surface area contributed by atoms with Crippen molar-refractivity contribution in [3.63, 3.8) is 0 Å². The average molecular weight is 281 g/mol. The van der Waals surface area contributed by atoms with Crippen LogP contribution in [0.1, 0.15) is 0 Å². The summed E-state index contributed by atoms with van der Waals surface area (Å²) in [5.74, 6) is 0.970. The van der Waals surface area contributed by atoms with Crippen molar-refractivity contribution in [3.8, 4) is 5.75 Å². The van der Waals surface area contributed by atoms with Gasteiger partial charge >= 0.3 is 0 Å². The van der Waals surface area contributed by atoms with Crippen LogP contribution in [0.15, 0.2) is 35.4 Å². The number of nitrogens with zero attached hydrogens (tertiary/aromatic N) is 1. The maximum Gasteiger partial charge on any atom is 0.271 e. The fourth-order valence-electron chi connectivity index (χ4n) is 1.45. The molecule has 0 saturated carbocycles. The van der Waals surface area contributed by atoms with Gasteiger partial charge in [-0.1, -0.05) is 17.7 Å². The minimum Gasteiger partial charge on any atom is -0.492 e. The lowest BCUT2D eigenvalue weighted by molar-refractivity contribution is 0.328. The van der Waals surface area contributed by atoms with Gasteiger partial charge in [-0.25, -0.2) is 4.98 Å². The zero-order valence-corrected chi connectivity index (χ0v) is 10.8. The van der Waals surface area contributed by atoms with Crippen molar-refractivity contribution < 1.29 is 4.74 Å². The summed E-state index contributed by atoms with van der Waals surface area (Å²) < 4.78 is 5.40. The fourth-order valence-corrected chi connectivity index (χ4v) is 1.60. The standard InChI is InChI=1S/C12H13ClN4O2/c13-10-11(15-7-16-12(10)18)17-8-2-1-3-9(6-8)19-5-4-14/h1-3,6-7H,4-5,14H2,(H2,15,16,17,18). The summed E-state index contributed by atoms with van der Waals surface area (Å²) in [5, 5.41) is 2.97. The molecule has 0 aliphatic carbocycles. The van der Waals surface area contributed by atoms with Gasteiger partial charge in [-0.3, -0.25) is 4.79 Å². The predicted molar refractivity (Wildman–Crippen MR) is 74.1 cm³/mol. The molecule has 0 radical (unpaired) electrons. The van der Waals surface area contributed by atoms with Crippen LogP contribution in [0.4, 0.5) is 11.5 Å². The molecular formula is C12H13ClN4O2. The molecule has 0 aliphatic rings. The van der Waals surface area contributed by atoms with Gasteiger partial charge in [0.1, 0.15) is 17.4 Å². The van der Waals surface area contributed by atoms with Crippen LogP contribution in [-0.2, 0) is 0 Å². The van der Waals surface area contributed by atoms with Crippen molar-refractivity contribution in [2.24, 2.45) is 5.73 Å². The highest BCUT2D eigenvalue weighted by atomic mass is 35.5. The van der Waals surface area contributed by atoms with Crippen molar-refractivity contribution in [1.82, 2.24) is 9.97 Å². The maximum atomic E-state index is 11.3. The molecule has 100 valence electrons. The molecule has 0 aliphatic heterocycles. The second-order valence-electron chi connectivity index (χ2n) is 3.68. The van der Waals surface area contributed by atoms with Crippen LogP contribution in [0.3, 0.4) is 0 Å². The monoisotopic (exact) mass is 280 g/mol. The summed E-state index contributed by atoms with van der Waals surface area (Å²) in [6, 6.07) is 7.21. The van der Waals surface area contributed by atoms with Gasteiger partial charge in [-0.2, -0.15) is 0 Å². The first-order chi connectivity index (χ1) is 9.20. The van der Waals surface area contributed by atoms with Gasteiger partial charge < -0.3 is 20.8 Å². The van der Waals surface area contributed by atoms with Crippen LogP contribution >= 0.6 is 11.6 Å². The molecule has 0 fully saturated rings. The quantitative estimate of drug-likeness (QED) is 0.772. The number of ether oxygens (including phenoxy) is 1. The van der Waals surface area contributed by atoms with Crippen molar-refractivity contribution in [2.75, 3.05) is 18.5 Å². The molecule has 19 heavy (non-hydrogen) atoms. The van der Waals surface area contributed by atoms with E-state index < -0.39 is 5.56 Å². The zero-order valence-electron chi connectivity index (χ0n) is 10.0. The van der Waals surface area contributed by atoms with E-state index in [0.29, 0.717) is 24.7 Å². The molecular weight excluding hydrogens is 268 g/mol. The molecule has 2 aromatic rings. The largest absolute Gasteiger partial charge is 0.492 e. The molecule has 6 nitrogen and oxygen atoms in total. The van der Waals surface area contributed by atoms with E-state index in [-0.39, 0.29) is 5.02 Å². The number of nitrogens with two attached hydrogens (primary N) is 1. The Labute approximate surface area is 114 Å². The topological polar surface area (TPSA) is 93.0 Å². The maximum absolute atomic E-state index is 11.3. The van der Waals surface area contributed by atoms with Gasteiger partial charge in [-0.05, 0) is 12.1 Å². The molecule has 7 heteroatoms. The van der Waals surface area contributed by atoms with Crippen LogP contribution in [0, 0.1) is 0 Å².